The fourth-order valence-electron chi connectivity index (χ4n) is 5.44. The summed E-state index contributed by atoms with van der Waals surface area (Å²) in [4.78, 5) is 27.2. The lowest BCUT2D eigenvalue weighted by Gasteiger charge is -2.43. The monoisotopic (exact) mass is 480 g/mol. The van der Waals surface area contributed by atoms with E-state index in [-0.39, 0.29) is 30.0 Å². The number of aromatic nitrogens is 2. The summed E-state index contributed by atoms with van der Waals surface area (Å²) in [7, 11) is 0. The molecule has 0 radical (unpaired) electrons. The van der Waals surface area contributed by atoms with Gasteiger partial charge in [0.1, 0.15) is 24.6 Å². The highest BCUT2D eigenvalue weighted by Gasteiger charge is 2.38. The van der Waals surface area contributed by atoms with Gasteiger partial charge in [-0.2, -0.15) is 0 Å². The van der Waals surface area contributed by atoms with E-state index in [1.807, 2.05) is 11.0 Å². The number of morpholine rings is 1. The number of rotatable bonds is 4. The van der Waals surface area contributed by atoms with Gasteiger partial charge >= 0.3 is 0 Å². The molecule has 35 heavy (non-hydrogen) atoms. The Morgan fingerprint density at radius 2 is 2.00 bits per heavy atom. The smallest absolute Gasteiger partial charge is 0.246 e. The minimum atomic E-state index is -0.374. The zero-order valence-electron chi connectivity index (χ0n) is 19.6. The van der Waals surface area contributed by atoms with E-state index < -0.39 is 0 Å². The van der Waals surface area contributed by atoms with Crippen molar-refractivity contribution in [1.82, 2.24) is 19.8 Å². The number of amides is 1. The molecule has 1 amide bonds. The number of anilines is 3. The van der Waals surface area contributed by atoms with Crippen LogP contribution in [0.3, 0.4) is 0 Å². The van der Waals surface area contributed by atoms with Crippen LogP contribution in [-0.2, 0) is 16.1 Å². The molecule has 0 aliphatic carbocycles. The number of likely N-dealkylation sites (tertiary alicyclic amines) is 2. The van der Waals surface area contributed by atoms with Gasteiger partial charge in [-0.1, -0.05) is 6.58 Å². The Hall–Kier alpha value is -3.24. The molecule has 1 unspecified atom stereocenters. The Bertz CT molecular complexity index is 1150. The van der Waals surface area contributed by atoms with Gasteiger partial charge in [-0.05, 0) is 30.2 Å². The van der Waals surface area contributed by atoms with Crippen LogP contribution in [0, 0.1) is 5.82 Å². The molecule has 5 heterocycles. The summed E-state index contributed by atoms with van der Waals surface area (Å²) in [5, 5.41) is 3.32. The van der Waals surface area contributed by atoms with E-state index in [0.717, 1.165) is 62.6 Å². The average molecular weight is 481 g/mol. The maximum absolute atomic E-state index is 15.2. The molecule has 1 aromatic carbocycles. The first kappa shape index (κ1) is 22.2. The summed E-state index contributed by atoms with van der Waals surface area (Å²) < 4.78 is 26.6. The molecule has 3 saturated heterocycles. The molecule has 4 aliphatic rings. The molecular weight excluding hydrogens is 451 g/mol. The molecular formula is C25H29FN6O3. The van der Waals surface area contributed by atoms with E-state index in [1.165, 1.54) is 12.4 Å². The van der Waals surface area contributed by atoms with Gasteiger partial charge in [0.25, 0.3) is 0 Å². The zero-order valence-corrected chi connectivity index (χ0v) is 19.6. The Morgan fingerprint density at radius 3 is 2.80 bits per heavy atom. The van der Waals surface area contributed by atoms with Crippen LogP contribution < -0.4 is 15.0 Å². The second-order valence-corrected chi connectivity index (χ2v) is 9.50. The van der Waals surface area contributed by atoms with E-state index in [4.69, 9.17) is 9.47 Å². The number of ether oxygens (including phenoxy) is 2. The van der Waals surface area contributed by atoms with Gasteiger partial charge in [-0.15, -0.1) is 0 Å². The minimum Gasteiger partial charge on any atom is -0.483 e. The lowest BCUT2D eigenvalue weighted by atomic mass is 9.89. The van der Waals surface area contributed by atoms with Gasteiger partial charge in [0.2, 0.25) is 5.91 Å². The number of hydrogen-bond donors (Lipinski definition) is 1. The summed E-state index contributed by atoms with van der Waals surface area (Å²) >= 11 is 0. The second-order valence-electron chi connectivity index (χ2n) is 9.50. The number of nitrogens with one attached hydrogen (secondary N) is 1. The van der Waals surface area contributed by atoms with Crippen molar-refractivity contribution in [3.63, 3.8) is 0 Å². The highest BCUT2D eigenvalue weighted by atomic mass is 19.1. The standard InChI is InChI=1S/C25H29FN6O3/c1-2-22(33)31-4-3-18(13-31)32-11-17(12-32)16-9-20(26)23-21(10-16)29-24-19(14-35-23)25(28-15-27-24)30-5-7-34-8-6-30/h2,9-10,15,17-18H,1,3-8,11-14H2,(H,27,28,29). The van der Waals surface area contributed by atoms with Crippen molar-refractivity contribution in [2.45, 2.75) is 25.0 Å². The summed E-state index contributed by atoms with van der Waals surface area (Å²) in [5.41, 5.74) is 2.35. The van der Waals surface area contributed by atoms with E-state index >= 15 is 4.39 Å². The summed E-state index contributed by atoms with van der Waals surface area (Å²) in [6.07, 6.45) is 3.87. The van der Waals surface area contributed by atoms with Crippen LogP contribution in [0.15, 0.2) is 31.1 Å². The number of benzene rings is 1. The van der Waals surface area contributed by atoms with Crippen molar-refractivity contribution in [3.05, 3.63) is 48.1 Å². The van der Waals surface area contributed by atoms with Crippen molar-refractivity contribution in [1.29, 1.82) is 0 Å². The predicted molar refractivity (Wildman–Crippen MR) is 129 cm³/mol. The molecule has 9 nitrogen and oxygen atoms in total. The van der Waals surface area contributed by atoms with Crippen LogP contribution in [0.1, 0.15) is 23.5 Å². The first-order valence-corrected chi connectivity index (χ1v) is 12.2. The number of nitrogens with zero attached hydrogens (tertiary/aromatic N) is 5. The lowest BCUT2D eigenvalue weighted by Crippen LogP contribution is -2.51. The van der Waals surface area contributed by atoms with Crippen molar-refractivity contribution in [2.75, 3.05) is 62.7 Å². The molecule has 1 N–H and O–H groups in total. The molecule has 2 aromatic rings. The molecule has 1 aromatic heterocycles. The number of hydrogen-bond acceptors (Lipinski definition) is 8. The Morgan fingerprint density at radius 1 is 1.17 bits per heavy atom. The van der Waals surface area contributed by atoms with Crippen molar-refractivity contribution in [3.8, 4) is 5.75 Å². The molecule has 6 rings (SSSR count). The molecule has 4 aliphatic heterocycles. The SMILES string of the molecule is C=CC(=O)N1CCC(N2CC(c3cc(F)c4c(c3)Nc3ncnc(N5CCOCC5)c3CO4)C2)C1. The molecule has 10 heteroatoms. The Labute approximate surface area is 203 Å². The third-order valence-corrected chi connectivity index (χ3v) is 7.46. The van der Waals surface area contributed by atoms with Crippen LogP contribution in [0.4, 0.5) is 21.7 Å². The van der Waals surface area contributed by atoms with E-state index in [2.05, 4.69) is 31.7 Å². The molecule has 0 spiro atoms. The van der Waals surface area contributed by atoms with Crippen LogP contribution in [0.25, 0.3) is 0 Å². The maximum atomic E-state index is 15.2. The topological polar surface area (TPSA) is 83.1 Å². The zero-order chi connectivity index (χ0) is 23.9. The minimum absolute atomic E-state index is 0.00987. The molecule has 0 saturated carbocycles. The highest BCUT2D eigenvalue weighted by molar-refractivity contribution is 5.87. The molecule has 3 fully saturated rings. The second kappa shape index (κ2) is 9.09. The van der Waals surface area contributed by atoms with Gasteiger partial charge < -0.3 is 24.6 Å². The Kier molecular flexibility index (Phi) is 5.77. The number of carbonyl (C=O) groups is 1. The third-order valence-electron chi connectivity index (χ3n) is 7.46. The van der Waals surface area contributed by atoms with Crippen LogP contribution in [0.2, 0.25) is 0 Å². The van der Waals surface area contributed by atoms with Crippen molar-refractivity contribution < 1.29 is 18.7 Å². The first-order chi connectivity index (χ1) is 17.1. The summed E-state index contributed by atoms with van der Waals surface area (Å²) in [5.74, 6) is 1.51. The van der Waals surface area contributed by atoms with Gasteiger partial charge in [-0.3, -0.25) is 9.69 Å². The highest BCUT2D eigenvalue weighted by Crippen LogP contribution is 2.41. The largest absolute Gasteiger partial charge is 0.483 e. The fraction of sp³-hybridized carbons (Fsp3) is 0.480. The number of halogens is 1. The molecule has 1 atom stereocenters. The quantitative estimate of drug-likeness (QED) is 0.668. The number of fused-ring (bicyclic) bond motifs is 2. The summed E-state index contributed by atoms with van der Waals surface area (Å²) in [6, 6.07) is 3.92. The van der Waals surface area contributed by atoms with Gasteiger partial charge in [-0.25, -0.2) is 14.4 Å². The van der Waals surface area contributed by atoms with Crippen molar-refractivity contribution in [2.24, 2.45) is 0 Å². The fourth-order valence-corrected chi connectivity index (χ4v) is 5.44. The van der Waals surface area contributed by atoms with E-state index in [0.29, 0.717) is 30.8 Å². The lowest BCUT2D eigenvalue weighted by molar-refractivity contribution is -0.125. The number of carbonyl (C=O) groups excluding carboxylic acids is 1. The van der Waals surface area contributed by atoms with E-state index in [9.17, 15) is 4.79 Å². The Balaban J connectivity index is 1.18. The molecule has 0 bridgehead atoms. The van der Waals surface area contributed by atoms with Gasteiger partial charge in [0, 0.05) is 51.2 Å². The van der Waals surface area contributed by atoms with Crippen molar-refractivity contribution >= 4 is 23.2 Å². The first-order valence-electron chi connectivity index (χ1n) is 12.2. The predicted octanol–water partition coefficient (Wildman–Crippen LogP) is 2.27. The van der Waals surface area contributed by atoms with Gasteiger partial charge in [0.15, 0.2) is 11.6 Å². The third kappa shape index (κ3) is 4.10. The van der Waals surface area contributed by atoms with Gasteiger partial charge in [0.05, 0.1) is 24.5 Å². The van der Waals surface area contributed by atoms with Crippen LogP contribution in [0.5, 0.6) is 5.75 Å². The molecule has 184 valence electrons. The maximum Gasteiger partial charge on any atom is 0.246 e. The van der Waals surface area contributed by atoms with E-state index in [1.54, 1.807) is 6.07 Å². The van der Waals surface area contributed by atoms with Crippen LogP contribution in [-0.4, -0.2) is 84.2 Å². The average Bonchev–Trinajstić information content (AvgIpc) is 3.24. The van der Waals surface area contributed by atoms with Crippen LogP contribution >= 0.6 is 0 Å². The normalized spacial score (nSPS) is 22.4. The summed E-state index contributed by atoms with van der Waals surface area (Å²) in [6.45, 7) is 9.74.